The van der Waals surface area contributed by atoms with Gasteiger partial charge in [-0.05, 0) is 29.8 Å². The van der Waals surface area contributed by atoms with Crippen LogP contribution in [0.25, 0.3) is 0 Å². The molecule has 2 rings (SSSR count). The summed E-state index contributed by atoms with van der Waals surface area (Å²) < 4.78 is 10.7. The van der Waals surface area contributed by atoms with Gasteiger partial charge in [-0.3, -0.25) is 4.99 Å². The summed E-state index contributed by atoms with van der Waals surface area (Å²) in [6.45, 7) is 1.33. The maximum atomic E-state index is 5.49. The van der Waals surface area contributed by atoms with Crippen LogP contribution in [-0.2, 0) is 13.1 Å². The molecule has 2 aromatic rings. The molecule has 1 aromatic carbocycles. The molecular formula is C20H29N5O2. The Morgan fingerprint density at radius 3 is 2.52 bits per heavy atom. The van der Waals surface area contributed by atoms with Gasteiger partial charge in [0.2, 0.25) is 0 Å². The standard InChI is InChI=1S/C20H29N5O2/c1-21-20(23-13-15-9-10-22-19(11-15)24(2)3)25(4)14-16-7-8-17(26-5)12-18(16)27-6/h7-12H,13-14H2,1-6H3,(H,21,23). The van der Waals surface area contributed by atoms with Crippen molar-refractivity contribution in [2.75, 3.05) is 47.3 Å². The second-order valence-electron chi connectivity index (χ2n) is 6.35. The van der Waals surface area contributed by atoms with Crippen molar-refractivity contribution in [1.29, 1.82) is 0 Å². The van der Waals surface area contributed by atoms with Gasteiger partial charge in [-0.15, -0.1) is 0 Å². The van der Waals surface area contributed by atoms with E-state index in [1.165, 1.54) is 0 Å². The third kappa shape index (κ3) is 5.51. The van der Waals surface area contributed by atoms with Crippen molar-refractivity contribution >= 4 is 11.8 Å². The van der Waals surface area contributed by atoms with Crippen molar-refractivity contribution in [3.05, 3.63) is 47.7 Å². The van der Waals surface area contributed by atoms with Gasteiger partial charge >= 0.3 is 0 Å². The summed E-state index contributed by atoms with van der Waals surface area (Å²) in [4.78, 5) is 12.8. The third-order valence-electron chi connectivity index (χ3n) is 4.19. The molecule has 0 saturated carbocycles. The molecule has 1 aromatic heterocycles. The van der Waals surface area contributed by atoms with Gasteiger partial charge in [0, 0.05) is 59.1 Å². The number of nitrogens with zero attached hydrogens (tertiary/aromatic N) is 4. The molecule has 146 valence electrons. The van der Waals surface area contributed by atoms with Crippen LogP contribution in [-0.4, -0.2) is 58.3 Å². The molecule has 1 heterocycles. The summed E-state index contributed by atoms with van der Waals surface area (Å²) in [5.41, 5.74) is 2.20. The lowest BCUT2D eigenvalue weighted by Crippen LogP contribution is -2.38. The van der Waals surface area contributed by atoms with Crippen LogP contribution in [0.3, 0.4) is 0 Å². The molecule has 0 saturated heterocycles. The van der Waals surface area contributed by atoms with Crippen LogP contribution in [0.1, 0.15) is 11.1 Å². The number of hydrogen-bond acceptors (Lipinski definition) is 5. The fourth-order valence-electron chi connectivity index (χ4n) is 2.69. The molecule has 0 amide bonds. The van der Waals surface area contributed by atoms with Crippen LogP contribution in [0.5, 0.6) is 11.5 Å². The lowest BCUT2D eigenvalue weighted by Gasteiger charge is -2.23. The van der Waals surface area contributed by atoms with Crippen LogP contribution in [0.4, 0.5) is 5.82 Å². The summed E-state index contributed by atoms with van der Waals surface area (Å²) in [5, 5.41) is 3.40. The van der Waals surface area contributed by atoms with Crippen molar-refractivity contribution in [2.45, 2.75) is 13.1 Å². The Bertz CT molecular complexity index is 777. The van der Waals surface area contributed by atoms with Crippen molar-refractivity contribution in [1.82, 2.24) is 15.2 Å². The Hall–Kier alpha value is -2.96. The maximum absolute atomic E-state index is 5.49. The quantitative estimate of drug-likeness (QED) is 0.596. The van der Waals surface area contributed by atoms with Gasteiger partial charge in [-0.2, -0.15) is 0 Å². The molecule has 0 bridgehead atoms. The number of guanidine groups is 1. The van der Waals surface area contributed by atoms with Crippen LogP contribution in [0, 0.1) is 0 Å². The minimum Gasteiger partial charge on any atom is -0.497 e. The predicted molar refractivity (Wildman–Crippen MR) is 110 cm³/mol. The molecule has 27 heavy (non-hydrogen) atoms. The van der Waals surface area contributed by atoms with Gasteiger partial charge in [-0.1, -0.05) is 0 Å². The topological polar surface area (TPSA) is 62.2 Å². The Kier molecular flexibility index (Phi) is 7.28. The summed E-state index contributed by atoms with van der Waals surface area (Å²) in [6.07, 6.45) is 1.82. The van der Waals surface area contributed by atoms with Gasteiger partial charge in [0.05, 0.1) is 14.2 Å². The van der Waals surface area contributed by atoms with Crippen molar-refractivity contribution in [3.63, 3.8) is 0 Å². The normalized spacial score (nSPS) is 11.1. The largest absolute Gasteiger partial charge is 0.497 e. The fraction of sp³-hybridized carbons (Fsp3) is 0.400. The molecular weight excluding hydrogens is 342 g/mol. The highest BCUT2D eigenvalue weighted by atomic mass is 16.5. The second-order valence-corrected chi connectivity index (χ2v) is 6.35. The number of pyridine rings is 1. The zero-order valence-corrected chi connectivity index (χ0v) is 17.0. The number of aliphatic imine (C=N–C) groups is 1. The first kappa shape index (κ1) is 20.4. The molecule has 0 atom stereocenters. The summed E-state index contributed by atoms with van der Waals surface area (Å²) in [7, 11) is 11.0. The van der Waals surface area contributed by atoms with E-state index in [1.807, 2.05) is 56.5 Å². The molecule has 0 spiro atoms. The van der Waals surface area contributed by atoms with Crippen LogP contribution < -0.4 is 19.7 Å². The molecule has 0 aliphatic heterocycles. The lowest BCUT2D eigenvalue weighted by molar-refractivity contribution is 0.382. The fourth-order valence-corrected chi connectivity index (χ4v) is 2.69. The first-order valence-corrected chi connectivity index (χ1v) is 8.73. The van der Waals surface area contributed by atoms with E-state index in [0.717, 1.165) is 34.4 Å². The molecule has 0 fully saturated rings. The van der Waals surface area contributed by atoms with Gasteiger partial charge in [0.1, 0.15) is 17.3 Å². The highest BCUT2D eigenvalue weighted by Crippen LogP contribution is 2.25. The minimum atomic E-state index is 0.659. The maximum Gasteiger partial charge on any atom is 0.193 e. The highest BCUT2D eigenvalue weighted by Gasteiger charge is 2.11. The number of methoxy groups -OCH3 is 2. The first-order chi connectivity index (χ1) is 13.0. The van der Waals surface area contributed by atoms with E-state index < -0.39 is 0 Å². The number of hydrogen-bond donors (Lipinski definition) is 1. The van der Waals surface area contributed by atoms with E-state index in [1.54, 1.807) is 21.3 Å². The van der Waals surface area contributed by atoms with Crippen LogP contribution in [0.15, 0.2) is 41.5 Å². The van der Waals surface area contributed by atoms with Gasteiger partial charge < -0.3 is 24.6 Å². The van der Waals surface area contributed by atoms with E-state index in [2.05, 4.69) is 26.3 Å². The zero-order valence-electron chi connectivity index (χ0n) is 17.0. The second kappa shape index (κ2) is 9.66. The number of aromatic nitrogens is 1. The summed E-state index contributed by atoms with van der Waals surface area (Å²) in [5.74, 6) is 3.30. The number of benzene rings is 1. The van der Waals surface area contributed by atoms with Crippen molar-refractivity contribution < 1.29 is 9.47 Å². The Balaban J connectivity index is 2.04. The average molecular weight is 371 g/mol. The van der Waals surface area contributed by atoms with Crippen LogP contribution >= 0.6 is 0 Å². The van der Waals surface area contributed by atoms with Gasteiger partial charge in [-0.25, -0.2) is 4.98 Å². The van der Waals surface area contributed by atoms with E-state index >= 15 is 0 Å². The molecule has 0 aliphatic carbocycles. The number of rotatable bonds is 7. The smallest absolute Gasteiger partial charge is 0.193 e. The Labute approximate surface area is 161 Å². The van der Waals surface area contributed by atoms with E-state index in [4.69, 9.17) is 9.47 Å². The van der Waals surface area contributed by atoms with Gasteiger partial charge in [0.25, 0.3) is 0 Å². The van der Waals surface area contributed by atoms with Crippen LogP contribution in [0.2, 0.25) is 0 Å². The first-order valence-electron chi connectivity index (χ1n) is 8.73. The molecule has 7 nitrogen and oxygen atoms in total. The summed E-state index contributed by atoms with van der Waals surface area (Å²) >= 11 is 0. The van der Waals surface area contributed by atoms with Gasteiger partial charge in [0.15, 0.2) is 5.96 Å². The number of anilines is 1. The predicted octanol–water partition coefficient (Wildman–Crippen LogP) is 2.37. The molecule has 7 heteroatoms. The van der Waals surface area contributed by atoms with E-state index in [0.29, 0.717) is 13.1 Å². The van der Waals surface area contributed by atoms with Crippen molar-refractivity contribution in [2.24, 2.45) is 4.99 Å². The molecule has 0 radical (unpaired) electrons. The Morgan fingerprint density at radius 2 is 1.89 bits per heavy atom. The zero-order chi connectivity index (χ0) is 19.8. The average Bonchev–Trinajstić information content (AvgIpc) is 2.68. The summed E-state index contributed by atoms with van der Waals surface area (Å²) in [6, 6.07) is 9.89. The van der Waals surface area contributed by atoms with E-state index in [9.17, 15) is 0 Å². The molecule has 0 unspecified atom stereocenters. The lowest BCUT2D eigenvalue weighted by atomic mass is 10.2. The Morgan fingerprint density at radius 1 is 1.11 bits per heavy atom. The van der Waals surface area contributed by atoms with E-state index in [-0.39, 0.29) is 0 Å². The third-order valence-corrected chi connectivity index (χ3v) is 4.19. The molecule has 0 aliphatic rings. The SMILES string of the molecule is CN=C(NCc1ccnc(N(C)C)c1)N(C)Cc1ccc(OC)cc1OC. The minimum absolute atomic E-state index is 0.659. The number of ether oxygens (including phenoxy) is 2. The highest BCUT2D eigenvalue weighted by molar-refractivity contribution is 5.79. The monoisotopic (exact) mass is 371 g/mol. The van der Waals surface area contributed by atoms with Crippen molar-refractivity contribution in [3.8, 4) is 11.5 Å². The number of nitrogens with one attached hydrogen (secondary N) is 1. The molecule has 1 N–H and O–H groups in total.